The van der Waals surface area contributed by atoms with Crippen molar-refractivity contribution in [3.8, 4) is 5.69 Å². The third-order valence-electron chi connectivity index (χ3n) is 1.69. The molecule has 0 spiro atoms. The lowest BCUT2D eigenvalue weighted by atomic mass is 10.3. The van der Waals surface area contributed by atoms with E-state index in [9.17, 15) is 4.79 Å². The van der Waals surface area contributed by atoms with E-state index in [2.05, 4.69) is 10.1 Å². The van der Waals surface area contributed by atoms with Crippen LogP contribution in [0.25, 0.3) is 5.69 Å². The van der Waals surface area contributed by atoms with Crippen molar-refractivity contribution in [2.24, 2.45) is 0 Å². The molecule has 0 aliphatic carbocycles. The zero-order valence-electron chi connectivity index (χ0n) is 7.09. The molecule has 0 N–H and O–H groups in total. The molecule has 5 heteroatoms. The highest BCUT2D eigenvalue weighted by Crippen LogP contribution is 2.13. The molecule has 0 amide bonds. The Hall–Kier alpha value is -1.68. The maximum Gasteiger partial charge on any atom is 0.214 e. The van der Waals surface area contributed by atoms with Gasteiger partial charge in [-0.1, -0.05) is 17.7 Å². The zero-order chi connectivity index (χ0) is 9.97. The number of aldehydes is 1. The highest BCUT2D eigenvalue weighted by atomic mass is 35.5. The zero-order valence-corrected chi connectivity index (χ0v) is 7.85. The van der Waals surface area contributed by atoms with Crippen LogP contribution in [0.5, 0.6) is 0 Å². The van der Waals surface area contributed by atoms with Crippen LogP contribution in [0.2, 0.25) is 5.02 Å². The van der Waals surface area contributed by atoms with E-state index in [1.165, 1.54) is 11.0 Å². The van der Waals surface area contributed by atoms with Gasteiger partial charge in [-0.05, 0) is 18.2 Å². The summed E-state index contributed by atoms with van der Waals surface area (Å²) in [4.78, 5) is 14.1. The number of rotatable bonds is 2. The Balaban J connectivity index is 2.43. The first kappa shape index (κ1) is 8.90. The van der Waals surface area contributed by atoms with E-state index in [0.717, 1.165) is 5.69 Å². The summed E-state index contributed by atoms with van der Waals surface area (Å²) in [5, 5.41) is 4.54. The minimum Gasteiger partial charge on any atom is -0.294 e. The fourth-order valence-electron chi connectivity index (χ4n) is 1.07. The molecular weight excluding hydrogens is 202 g/mol. The summed E-state index contributed by atoms with van der Waals surface area (Å²) >= 11 is 5.80. The van der Waals surface area contributed by atoms with Gasteiger partial charge in [0.2, 0.25) is 5.82 Å². The Morgan fingerprint density at radius 2 is 2.29 bits per heavy atom. The average molecular weight is 208 g/mol. The quantitative estimate of drug-likeness (QED) is 0.705. The number of carbonyl (C=O) groups is 1. The fourth-order valence-corrected chi connectivity index (χ4v) is 1.26. The van der Waals surface area contributed by atoms with Crippen LogP contribution in [-0.2, 0) is 0 Å². The van der Waals surface area contributed by atoms with E-state index in [1.807, 2.05) is 6.07 Å². The van der Waals surface area contributed by atoms with Gasteiger partial charge in [0, 0.05) is 5.02 Å². The molecule has 14 heavy (non-hydrogen) atoms. The SMILES string of the molecule is O=Cc1ncn(-c2cccc(Cl)c2)n1. The van der Waals surface area contributed by atoms with E-state index >= 15 is 0 Å². The Labute approximate surface area is 85.1 Å². The Morgan fingerprint density at radius 3 is 2.93 bits per heavy atom. The van der Waals surface area contributed by atoms with Crippen LogP contribution in [0, 0.1) is 0 Å². The topological polar surface area (TPSA) is 47.8 Å². The lowest BCUT2D eigenvalue weighted by Crippen LogP contribution is -1.95. The third-order valence-corrected chi connectivity index (χ3v) is 1.92. The van der Waals surface area contributed by atoms with E-state index in [4.69, 9.17) is 11.6 Å². The maximum absolute atomic E-state index is 10.4. The molecule has 0 atom stereocenters. The molecular formula is C9H6ClN3O. The number of nitrogens with zero attached hydrogens (tertiary/aromatic N) is 3. The normalized spacial score (nSPS) is 10.1. The summed E-state index contributed by atoms with van der Waals surface area (Å²) in [6.45, 7) is 0. The van der Waals surface area contributed by atoms with Gasteiger partial charge in [-0.3, -0.25) is 4.79 Å². The van der Waals surface area contributed by atoms with Crippen LogP contribution < -0.4 is 0 Å². The number of halogens is 1. The second kappa shape index (κ2) is 3.59. The number of hydrogen-bond donors (Lipinski definition) is 0. The molecule has 0 aliphatic heterocycles. The Bertz CT molecular complexity index is 467. The molecule has 1 aromatic carbocycles. The monoisotopic (exact) mass is 207 g/mol. The molecule has 0 aliphatic rings. The predicted molar refractivity (Wildman–Crippen MR) is 51.8 cm³/mol. The second-order valence-electron chi connectivity index (χ2n) is 2.65. The molecule has 0 bridgehead atoms. The van der Waals surface area contributed by atoms with Gasteiger partial charge in [0.1, 0.15) is 6.33 Å². The van der Waals surface area contributed by atoms with Crippen LogP contribution in [0.4, 0.5) is 0 Å². The summed E-state index contributed by atoms with van der Waals surface area (Å²) in [7, 11) is 0. The average Bonchev–Trinajstić information content (AvgIpc) is 2.66. The van der Waals surface area contributed by atoms with E-state index < -0.39 is 0 Å². The van der Waals surface area contributed by atoms with Gasteiger partial charge in [-0.15, -0.1) is 5.10 Å². The molecule has 1 aromatic heterocycles. The number of aromatic nitrogens is 3. The van der Waals surface area contributed by atoms with Crippen molar-refractivity contribution in [2.45, 2.75) is 0 Å². The first-order valence-electron chi connectivity index (χ1n) is 3.92. The largest absolute Gasteiger partial charge is 0.294 e. The fraction of sp³-hybridized carbons (Fsp3) is 0. The first-order valence-corrected chi connectivity index (χ1v) is 4.30. The van der Waals surface area contributed by atoms with E-state index in [0.29, 0.717) is 11.3 Å². The predicted octanol–water partition coefficient (Wildman–Crippen LogP) is 1.73. The Kier molecular flexibility index (Phi) is 2.28. The summed E-state index contributed by atoms with van der Waals surface area (Å²) in [6, 6.07) is 7.14. The van der Waals surface area contributed by atoms with Gasteiger partial charge >= 0.3 is 0 Å². The molecule has 0 saturated heterocycles. The van der Waals surface area contributed by atoms with Crippen LogP contribution in [0.15, 0.2) is 30.6 Å². The van der Waals surface area contributed by atoms with Gasteiger partial charge in [0.25, 0.3) is 0 Å². The summed E-state index contributed by atoms with van der Waals surface area (Å²) in [5.74, 6) is 0.157. The highest BCUT2D eigenvalue weighted by Gasteiger charge is 2.01. The van der Waals surface area contributed by atoms with E-state index in [-0.39, 0.29) is 5.82 Å². The molecule has 0 unspecified atom stereocenters. The van der Waals surface area contributed by atoms with Crippen molar-refractivity contribution < 1.29 is 4.79 Å². The number of hydrogen-bond acceptors (Lipinski definition) is 3. The lowest BCUT2D eigenvalue weighted by molar-refractivity contribution is 0.111. The van der Waals surface area contributed by atoms with Crippen molar-refractivity contribution in [1.82, 2.24) is 14.8 Å². The summed E-state index contributed by atoms with van der Waals surface area (Å²) < 4.78 is 1.50. The molecule has 4 nitrogen and oxygen atoms in total. The summed E-state index contributed by atoms with van der Waals surface area (Å²) in [6.07, 6.45) is 2.07. The molecule has 0 radical (unpaired) electrons. The second-order valence-corrected chi connectivity index (χ2v) is 3.08. The van der Waals surface area contributed by atoms with Gasteiger partial charge in [-0.2, -0.15) is 0 Å². The van der Waals surface area contributed by atoms with Crippen LogP contribution in [-0.4, -0.2) is 21.1 Å². The minimum absolute atomic E-state index is 0.157. The van der Waals surface area contributed by atoms with Crippen molar-refractivity contribution in [1.29, 1.82) is 0 Å². The van der Waals surface area contributed by atoms with Crippen molar-refractivity contribution in [3.05, 3.63) is 41.4 Å². The van der Waals surface area contributed by atoms with Crippen molar-refractivity contribution >= 4 is 17.9 Å². The molecule has 0 fully saturated rings. The summed E-state index contributed by atoms with van der Waals surface area (Å²) in [5.41, 5.74) is 0.776. The molecule has 1 heterocycles. The molecule has 70 valence electrons. The minimum atomic E-state index is 0.157. The maximum atomic E-state index is 10.4. The number of carbonyl (C=O) groups excluding carboxylic acids is 1. The van der Waals surface area contributed by atoms with E-state index in [1.54, 1.807) is 18.2 Å². The van der Waals surface area contributed by atoms with Crippen LogP contribution in [0.3, 0.4) is 0 Å². The standard InChI is InChI=1S/C9H6ClN3O/c10-7-2-1-3-8(4-7)13-6-11-9(5-14)12-13/h1-6H. The van der Waals surface area contributed by atoms with Crippen molar-refractivity contribution in [3.63, 3.8) is 0 Å². The third kappa shape index (κ3) is 1.65. The van der Waals surface area contributed by atoms with Gasteiger partial charge in [0.15, 0.2) is 6.29 Å². The smallest absolute Gasteiger partial charge is 0.214 e. The van der Waals surface area contributed by atoms with Gasteiger partial charge in [-0.25, -0.2) is 9.67 Å². The van der Waals surface area contributed by atoms with Crippen molar-refractivity contribution in [2.75, 3.05) is 0 Å². The molecule has 2 aromatic rings. The lowest BCUT2D eigenvalue weighted by Gasteiger charge is -1.98. The first-order chi connectivity index (χ1) is 6.79. The molecule has 2 rings (SSSR count). The van der Waals surface area contributed by atoms with Gasteiger partial charge in [0.05, 0.1) is 5.69 Å². The number of benzene rings is 1. The molecule has 0 saturated carbocycles. The van der Waals surface area contributed by atoms with Crippen LogP contribution in [0.1, 0.15) is 10.6 Å². The highest BCUT2D eigenvalue weighted by molar-refractivity contribution is 6.30. The van der Waals surface area contributed by atoms with Gasteiger partial charge < -0.3 is 0 Å². The van der Waals surface area contributed by atoms with Crippen LogP contribution >= 0.6 is 11.6 Å². The Morgan fingerprint density at radius 1 is 1.43 bits per heavy atom.